The number of hydrogen-bond acceptors (Lipinski definition) is 3. The monoisotopic (exact) mass is 359 g/mol. The minimum Gasteiger partial charge on any atom is -0.322 e. The number of rotatable bonds is 3. The standard InChI is InChI=1S/C21H14ClN3O/c22-16-8-10-17(11-9-16)24-21(26)18-13-15-7-4-12-23-20(15)25-19(18)14-5-2-1-3-6-14/h1-13H,(H,24,26). The smallest absolute Gasteiger partial charge is 0.257 e. The number of anilines is 1. The number of benzene rings is 2. The number of nitrogens with one attached hydrogen (secondary N) is 1. The summed E-state index contributed by atoms with van der Waals surface area (Å²) < 4.78 is 0. The van der Waals surface area contributed by atoms with Crippen molar-refractivity contribution in [2.75, 3.05) is 5.32 Å². The number of halogens is 1. The molecule has 0 spiro atoms. The van der Waals surface area contributed by atoms with Crippen LogP contribution in [0.2, 0.25) is 5.02 Å². The first-order valence-corrected chi connectivity index (χ1v) is 8.46. The number of nitrogens with zero attached hydrogens (tertiary/aromatic N) is 2. The van der Waals surface area contributed by atoms with Crippen molar-refractivity contribution in [1.82, 2.24) is 9.97 Å². The molecule has 4 nitrogen and oxygen atoms in total. The molecule has 2 heterocycles. The van der Waals surface area contributed by atoms with Crippen LogP contribution in [0.25, 0.3) is 22.3 Å². The van der Waals surface area contributed by atoms with Crippen LogP contribution in [0, 0.1) is 0 Å². The summed E-state index contributed by atoms with van der Waals surface area (Å²) in [6, 6.07) is 22.1. The van der Waals surface area contributed by atoms with Crippen LogP contribution < -0.4 is 5.32 Å². The van der Waals surface area contributed by atoms with Gasteiger partial charge in [-0.15, -0.1) is 0 Å². The zero-order chi connectivity index (χ0) is 17.9. The molecule has 2 aromatic carbocycles. The summed E-state index contributed by atoms with van der Waals surface area (Å²) in [5, 5.41) is 4.33. The lowest BCUT2D eigenvalue weighted by Crippen LogP contribution is -2.14. The Labute approximate surface area is 155 Å². The fourth-order valence-corrected chi connectivity index (χ4v) is 2.85. The molecule has 0 radical (unpaired) electrons. The third kappa shape index (κ3) is 3.27. The molecule has 2 aromatic heterocycles. The Morgan fingerprint density at radius 1 is 0.923 bits per heavy atom. The van der Waals surface area contributed by atoms with E-state index in [1.54, 1.807) is 30.5 Å². The maximum absolute atomic E-state index is 12.9. The number of aromatic nitrogens is 2. The number of carbonyl (C=O) groups is 1. The SMILES string of the molecule is O=C(Nc1ccc(Cl)cc1)c1cc2cccnc2nc1-c1ccccc1. The third-order valence-electron chi connectivity index (χ3n) is 3.98. The molecule has 0 fully saturated rings. The first kappa shape index (κ1) is 16.2. The van der Waals surface area contributed by atoms with E-state index in [1.165, 1.54) is 0 Å². The molecular formula is C21H14ClN3O. The van der Waals surface area contributed by atoms with Crippen molar-refractivity contribution >= 4 is 34.2 Å². The van der Waals surface area contributed by atoms with Gasteiger partial charge in [-0.2, -0.15) is 0 Å². The van der Waals surface area contributed by atoms with E-state index in [1.807, 2.05) is 48.5 Å². The Morgan fingerprint density at radius 2 is 1.69 bits per heavy atom. The van der Waals surface area contributed by atoms with Gasteiger partial charge in [0.1, 0.15) is 0 Å². The second-order valence-electron chi connectivity index (χ2n) is 5.76. The van der Waals surface area contributed by atoms with E-state index in [0.29, 0.717) is 27.6 Å². The van der Waals surface area contributed by atoms with E-state index < -0.39 is 0 Å². The Bertz CT molecular complexity index is 1080. The van der Waals surface area contributed by atoms with Crippen LogP contribution in [0.15, 0.2) is 79.0 Å². The van der Waals surface area contributed by atoms with Crippen LogP contribution in [0.4, 0.5) is 5.69 Å². The average molecular weight is 360 g/mol. The zero-order valence-electron chi connectivity index (χ0n) is 13.7. The van der Waals surface area contributed by atoms with E-state index in [9.17, 15) is 4.79 Å². The first-order valence-electron chi connectivity index (χ1n) is 8.09. The molecule has 0 unspecified atom stereocenters. The van der Waals surface area contributed by atoms with Gasteiger partial charge in [-0.05, 0) is 42.5 Å². The molecule has 126 valence electrons. The van der Waals surface area contributed by atoms with Crippen LogP contribution in [-0.2, 0) is 0 Å². The molecule has 0 saturated heterocycles. The number of amides is 1. The highest BCUT2D eigenvalue weighted by Crippen LogP contribution is 2.26. The lowest BCUT2D eigenvalue weighted by atomic mass is 10.0. The van der Waals surface area contributed by atoms with Crippen LogP contribution in [-0.4, -0.2) is 15.9 Å². The lowest BCUT2D eigenvalue weighted by Gasteiger charge is -2.11. The topological polar surface area (TPSA) is 54.9 Å². The summed E-state index contributed by atoms with van der Waals surface area (Å²) in [4.78, 5) is 21.9. The van der Waals surface area contributed by atoms with Crippen LogP contribution in [0.3, 0.4) is 0 Å². The van der Waals surface area contributed by atoms with E-state index >= 15 is 0 Å². The molecule has 0 aliphatic rings. The summed E-state index contributed by atoms with van der Waals surface area (Å²) in [5.41, 5.74) is 3.23. The van der Waals surface area contributed by atoms with Crippen LogP contribution in [0.5, 0.6) is 0 Å². The Morgan fingerprint density at radius 3 is 2.46 bits per heavy atom. The normalized spacial score (nSPS) is 10.7. The second kappa shape index (κ2) is 6.94. The molecule has 0 saturated carbocycles. The molecule has 4 rings (SSSR count). The van der Waals surface area contributed by atoms with E-state index in [0.717, 1.165) is 10.9 Å². The number of pyridine rings is 2. The zero-order valence-corrected chi connectivity index (χ0v) is 14.4. The van der Waals surface area contributed by atoms with Gasteiger partial charge in [0.2, 0.25) is 0 Å². The fraction of sp³-hybridized carbons (Fsp3) is 0. The summed E-state index contributed by atoms with van der Waals surface area (Å²) in [6.07, 6.45) is 1.69. The lowest BCUT2D eigenvalue weighted by molar-refractivity contribution is 0.102. The van der Waals surface area contributed by atoms with Crippen molar-refractivity contribution in [3.63, 3.8) is 0 Å². The summed E-state index contributed by atoms with van der Waals surface area (Å²) >= 11 is 5.91. The Hall–Kier alpha value is -3.24. The molecular weight excluding hydrogens is 346 g/mol. The molecule has 0 atom stereocenters. The van der Waals surface area contributed by atoms with Gasteiger partial charge in [-0.25, -0.2) is 9.97 Å². The van der Waals surface area contributed by atoms with Gasteiger partial charge in [0.05, 0.1) is 11.3 Å². The highest BCUT2D eigenvalue weighted by Gasteiger charge is 2.16. The van der Waals surface area contributed by atoms with E-state index in [4.69, 9.17) is 11.6 Å². The largest absolute Gasteiger partial charge is 0.322 e. The minimum atomic E-state index is -0.232. The molecule has 5 heteroatoms. The molecule has 1 N–H and O–H groups in total. The van der Waals surface area contributed by atoms with Crippen molar-refractivity contribution in [3.8, 4) is 11.3 Å². The highest BCUT2D eigenvalue weighted by molar-refractivity contribution is 6.30. The summed E-state index contributed by atoms with van der Waals surface area (Å²) in [7, 11) is 0. The van der Waals surface area contributed by atoms with Crippen molar-refractivity contribution in [2.45, 2.75) is 0 Å². The maximum Gasteiger partial charge on any atom is 0.257 e. The van der Waals surface area contributed by atoms with Crippen LogP contribution >= 0.6 is 11.6 Å². The summed E-state index contributed by atoms with van der Waals surface area (Å²) in [6.45, 7) is 0. The Balaban J connectivity index is 1.81. The van der Waals surface area contributed by atoms with Crippen LogP contribution in [0.1, 0.15) is 10.4 Å². The predicted octanol–water partition coefficient (Wildman–Crippen LogP) is 5.20. The molecule has 26 heavy (non-hydrogen) atoms. The number of fused-ring (bicyclic) bond motifs is 1. The molecule has 4 aromatic rings. The highest BCUT2D eigenvalue weighted by atomic mass is 35.5. The Kier molecular flexibility index (Phi) is 4.33. The van der Waals surface area contributed by atoms with E-state index in [-0.39, 0.29) is 5.91 Å². The quantitative estimate of drug-likeness (QED) is 0.546. The van der Waals surface area contributed by atoms with Gasteiger partial charge in [0.25, 0.3) is 5.91 Å². The van der Waals surface area contributed by atoms with Crippen molar-refractivity contribution in [2.24, 2.45) is 0 Å². The third-order valence-corrected chi connectivity index (χ3v) is 4.24. The van der Waals surface area contributed by atoms with Crippen molar-refractivity contribution in [1.29, 1.82) is 0 Å². The maximum atomic E-state index is 12.9. The van der Waals surface area contributed by atoms with E-state index in [2.05, 4.69) is 15.3 Å². The molecule has 0 aliphatic carbocycles. The van der Waals surface area contributed by atoms with Crippen molar-refractivity contribution < 1.29 is 4.79 Å². The minimum absolute atomic E-state index is 0.232. The van der Waals surface area contributed by atoms with Gasteiger partial charge >= 0.3 is 0 Å². The number of hydrogen-bond donors (Lipinski definition) is 1. The predicted molar refractivity (Wildman–Crippen MR) is 104 cm³/mol. The number of carbonyl (C=O) groups excluding carboxylic acids is 1. The summed E-state index contributed by atoms with van der Waals surface area (Å²) in [5.74, 6) is -0.232. The van der Waals surface area contributed by atoms with Gasteiger partial charge in [0, 0.05) is 27.9 Å². The first-order chi connectivity index (χ1) is 12.7. The molecule has 1 amide bonds. The van der Waals surface area contributed by atoms with Gasteiger partial charge in [-0.3, -0.25) is 4.79 Å². The fourth-order valence-electron chi connectivity index (χ4n) is 2.73. The average Bonchev–Trinajstić information content (AvgIpc) is 2.69. The second-order valence-corrected chi connectivity index (χ2v) is 6.20. The molecule has 0 aliphatic heterocycles. The molecule has 0 bridgehead atoms. The van der Waals surface area contributed by atoms with Crippen molar-refractivity contribution in [3.05, 3.63) is 89.6 Å². The van der Waals surface area contributed by atoms with Gasteiger partial charge in [0.15, 0.2) is 5.65 Å². The van der Waals surface area contributed by atoms with Gasteiger partial charge < -0.3 is 5.32 Å². The van der Waals surface area contributed by atoms with Gasteiger partial charge in [-0.1, -0.05) is 41.9 Å².